The normalized spacial score (nSPS) is 11.3. The van der Waals surface area contributed by atoms with Crippen LogP contribution < -0.4 is 10.1 Å². The molecule has 0 spiro atoms. The summed E-state index contributed by atoms with van der Waals surface area (Å²) in [5.41, 5.74) is 0.658. The van der Waals surface area contributed by atoms with E-state index >= 15 is 0 Å². The van der Waals surface area contributed by atoms with Crippen molar-refractivity contribution in [1.29, 1.82) is 0 Å². The third-order valence-electron chi connectivity index (χ3n) is 2.69. The molecule has 0 unspecified atom stereocenters. The number of nitrogens with one attached hydrogen (secondary N) is 1. The van der Waals surface area contributed by atoms with Gasteiger partial charge in [-0.3, -0.25) is 10.1 Å². The Morgan fingerprint density at radius 3 is 2.65 bits per heavy atom. The van der Waals surface area contributed by atoms with Gasteiger partial charge in [0.25, 0.3) is 0 Å². The second-order valence-corrected chi connectivity index (χ2v) is 6.65. The van der Waals surface area contributed by atoms with Crippen LogP contribution in [0.3, 0.4) is 0 Å². The van der Waals surface area contributed by atoms with Gasteiger partial charge in [-0.15, -0.1) is 0 Å². The van der Waals surface area contributed by atoms with Gasteiger partial charge in [0.2, 0.25) is 0 Å². The Hall–Kier alpha value is -1.67. The highest BCUT2D eigenvalue weighted by molar-refractivity contribution is 7.91. The smallest absolute Gasteiger partial charge is 0.310 e. The molecule has 0 amide bonds. The quantitative estimate of drug-likeness (QED) is 0.571. The van der Waals surface area contributed by atoms with Gasteiger partial charge in [-0.05, 0) is 18.7 Å². The average molecular weight is 302 g/mol. The van der Waals surface area contributed by atoms with E-state index in [-0.39, 0.29) is 29.5 Å². The van der Waals surface area contributed by atoms with Crippen molar-refractivity contribution in [3.05, 3.63) is 33.9 Å². The van der Waals surface area contributed by atoms with Gasteiger partial charge >= 0.3 is 5.69 Å². The van der Waals surface area contributed by atoms with Crippen LogP contribution in [-0.4, -0.2) is 38.5 Å². The van der Waals surface area contributed by atoms with E-state index in [4.69, 9.17) is 4.74 Å². The molecule has 0 atom stereocenters. The number of sulfone groups is 1. The molecule has 0 heterocycles. The van der Waals surface area contributed by atoms with Crippen LogP contribution in [0, 0.1) is 10.1 Å². The highest BCUT2D eigenvalue weighted by atomic mass is 32.2. The van der Waals surface area contributed by atoms with Crippen molar-refractivity contribution in [3.63, 3.8) is 0 Å². The zero-order valence-electron chi connectivity index (χ0n) is 11.5. The minimum atomic E-state index is -3.15. The van der Waals surface area contributed by atoms with E-state index in [0.717, 1.165) is 5.56 Å². The highest BCUT2D eigenvalue weighted by Gasteiger charge is 2.16. The van der Waals surface area contributed by atoms with Crippen molar-refractivity contribution in [1.82, 2.24) is 5.32 Å². The van der Waals surface area contributed by atoms with Crippen LogP contribution >= 0.6 is 0 Å². The first-order chi connectivity index (χ1) is 9.39. The van der Waals surface area contributed by atoms with Gasteiger partial charge in [-0.2, -0.15) is 0 Å². The average Bonchev–Trinajstić information content (AvgIpc) is 2.39. The molecule has 0 aliphatic carbocycles. The van der Waals surface area contributed by atoms with Crippen LogP contribution in [0.4, 0.5) is 5.69 Å². The van der Waals surface area contributed by atoms with Gasteiger partial charge in [-0.25, -0.2) is 8.42 Å². The first kappa shape index (κ1) is 16.4. The van der Waals surface area contributed by atoms with Gasteiger partial charge in [0.15, 0.2) is 15.6 Å². The van der Waals surface area contributed by atoms with Crippen LogP contribution in [-0.2, 0) is 16.4 Å². The Balaban J connectivity index is 2.85. The molecule has 7 nitrogen and oxygen atoms in total. The van der Waals surface area contributed by atoms with Crippen molar-refractivity contribution in [2.24, 2.45) is 0 Å². The summed E-state index contributed by atoms with van der Waals surface area (Å²) in [5, 5.41) is 13.8. The molecule has 1 rings (SSSR count). The van der Waals surface area contributed by atoms with Crippen molar-refractivity contribution in [3.8, 4) is 5.75 Å². The molecule has 1 aromatic carbocycles. The molecule has 0 aromatic heterocycles. The molecule has 20 heavy (non-hydrogen) atoms. The van der Waals surface area contributed by atoms with Crippen molar-refractivity contribution in [2.45, 2.75) is 13.5 Å². The predicted molar refractivity (Wildman–Crippen MR) is 75.7 cm³/mol. The zero-order valence-corrected chi connectivity index (χ0v) is 12.3. The molecule has 0 saturated heterocycles. The molecular formula is C12H18N2O5S. The summed E-state index contributed by atoms with van der Waals surface area (Å²) >= 11 is 0. The lowest BCUT2D eigenvalue weighted by molar-refractivity contribution is -0.385. The van der Waals surface area contributed by atoms with Crippen molar-refractivity contribution in [2.75, 3.05) is 25.2 Å². The van der Waals surface area contributed by atoms with Crippen LogP contribution in [0.2, 0.25) is 0 Å². The van der Waals surface area contributed by atoms with Gasteiger partial charge in [0.05, 0.1) is 10.7 Å². The van der Waals surface area contributed by atoms with Crippen LogP contribution in [0.5, 0.6) is 5.75 Å². The molecule has 1 N–H and O–H groups in total. The van der Waals surface area contributed by atoms with Gasteiger partial charge in [0, 0.05) is 18.4 Å². The molecule has 0 aliphatic rings. The number of hydrogen-bond donors (Lipinski definition) is 1. The maximum atomic E-state index is 11.4. The van der Waals surface area contributed by atoms with E-state index in [1.54, 1.807) is 26.1 Å². The van der Waals surface area contributed by atoms with E-state index in [0.29, 0.717) is 6.54 Å². The minimum Gasteiger partial charge on any atom is -0.486 e. The molecule has 0 aliphatic heterocycles. The largest absolute Gasteiger partial charge is 0.486 e. The Kier molecular flexibility index (Phi) is 5.90. The fourth-order valence-corrected chi connectivity index (χ4v) is 2.19. The van der Waals surface area contributed by atoms with E-state index < -0.39 is 14.8 Å². The summed E-state index contributed by atoms with van der Waals surface area (Å²) in [6.45, 7) is 1.99. The lowest BCUT2D eigenvalue weighted by atomic mass is 10.2. The second-order valence-electron chi connectivity index (χ2n) is 4.17. The summed E-state index contributed by atoms with van der Waals surface area (Å²) in [6.07, 6.45) is 0. The lowest BCUT2D eigenvalue weighted by Gasteiger charge is -2.08. The molecule has 0 fully saturated rings. The Morgan fingerprint density at radius 2 is 2.10 bits per heavy atom. The number of nitro benzene ring substituents is 1. The molecule has 1 aromatic rings. The molecule has 0 saturated carbocycles. The first-order valence-corrected chi connectivity index (χ1v) is 7.97. The summed E-state index contributed by atoms with van der Waals surface area (Å²) in [4.78, 5) is 10.4. The summed E-state index contributed by atoms with van der Waals surface area (Å²) < 4.78 is 28.0. The number of nitrogens with zero attached hydrogens (tertiary/aromatic N) is 1. The highest BCUT2D eigenvalue weighted by Crippen LogP contribution is 2.28. The van der Waals surface area contributed by atoms with E-state index in [9.17, 15) is 18.5 Å². The fraction of sp³-hybridized carbons (Fsp3) is 0.500. The third-order valence-corrected chi connectivity index (χ3v) is 4.36. The Morgan fingerprint density at radius 1 is 1.40 bits per heavy atom. The van der Waals surface area contributed by atoms with Crippen LogP contribution in [0.15, 0.2) is 18.2 Å². The van der Waals surface area contributed by atoms with Crippen LogP contribution in [0.25, 0.3) is 0 Å². The Bertz CT molecular complexity index is 571. The van der Waals surface area contributed by atoms with E-state index in [1.165, 1.54) is 6.07 Å². The standard InChI is InChI=1S/C12H18N2O5S/c1-3-20(17,18)7-6-19-12-8-10(9-13-2)4-5-11(12)14(15)16/h4-5,8,13H,3,6-7,9H2,1-2H3. The fourth-order valence-electron chi connectivity index (χ4n) is 1.56. The number of ether oxygens (including phenoxy) is 1. The van der Waals surface area contributed by atoms with Gasteiger partial charge < -0.3 is 10.1 Å². The molecular weight excluding hydrogens is 284 g/mol. The molecule has 0 radical (unpaired) electrons. The lowest BCUT2D eigenvalue weighted by Crippen LogP contribution is -2.16. The first-order valence-electron chi connectivity index (χ1n) is 6.14. The monoisotopic (exact) mass is 302 g/mol. The number of rotatable bonds is 8. The van der Waals surface area contributed by atoms with Gasteiger partial charge in [0.1, 0.15) is 6.61 Å². The molecule has 8 heteroatoms. The van der Waals surface area contributed by atoms with Crippen molar-refractivity contribution < 1.29 is 18.1 Å². The zero-order chi connectivity index (χ0) is 15.2. The Labute approximate surface area is 118 Å². The predicted octanol–water partition coefficient (Wildman–Crippen LogP) is 1.13. The summed E-state index contributed by atoms with van der Waals surface area (Å²) in [5.74, 6) is -0.0381. The SMILES string of the molecule is CCS(=O)(=O)CCOc1cc(CNC)ccc1[N+](=O)[O-]. The number of benzene rings is 1. The third kappa shape index (κ3) is 4.78. The number of hydrogen-bond acceptors (Lipinski definition) is 6. The van der Waals surface area contributed by atoms with E-state index in [1.807, 2.05) is 0 Å². The van der Waals surface area contributed by atoms with Crippen molar-refractivity contribution >= 4 is 15.5 Å². The number of nitro groups is 1. The van der Waals surface area contributed by atoms with Crippen LogP contribution in [0.1, 0.15) is 12.5 Å². The maximum Gasteiger partial charge on any atom is 0.310 e. The maximum absolute atomic E-state index is 11.4. The van der Waals surface area contributed by atoms with Gasteiger partial charge in [-0.1, -0.05) is 13.0 Å². The second kappa shape index (κ2) is 7.20. The van der Waals surface area contributed by atoms with E-state index in [2.05, 4.69) is 5.32 Å². The topological polar surface area (TPSA) is 98.5 Å². The summed E-state index contributed by atoms with van der Waals surface area (Å²) in [6, 6.07) is 4.54. The molecule has 0 bridgehead atoms. The molecule has 112 valence electrons. The summed E-state index contributed by atoms with van der Waals surface area (Å²) in [7, 11) is -1.39. The minimum absolute atomic E-state index is 0.0260.